The average molecular weight is 221 g/mol. The highest BCUT2D eigenvalue weighted by Crippen LogP contribution is 2.09. The predicted octanol–water partition coefficient (Wildman–Crippen LogP) is 1.69. The molecule has 1 aromatic heterocycles. The Balaban J connectivity index is 1.81. The van der Waals surface area contributed by atoms with Crippen molar-refractivity contribution in [1.29, 1.82) is 0 Å². The van der Waals surface area contributed by atoms with Crippen molar-refractivity contribution in [3.8, 4) is 0 Å². The van der Waals surface area contributed by atoms with Crippen LogP contribution in [0.4, 0.5) is 0 Å². The van der Waals surface area contributed by atoms with Crippen molar-refractivity contribution in [3.05, 3.63) is 24.0 Å². The van der Waals surface area contributed by atoms with Gasteiger partial charge in [0.1, 0.15) is 0 Å². The Bertz CT molecular complexity index is 300. The van der Waals surface area contributed by atoms with Crippen molar-refractivity contribution in [2.24, 2.45) is 0 Å². The highest BCUT2D eigenvalue weighted by molar-refractivity contribution is 5.06. The first-order valence-electron chi connectivity index (χ1n) is 6.41. The maximum atomic E-state index is 3.21. The van der Waals surface area contributed by atoms with Gasteiger partial charge in [-0.3, -0.25) is 0 Å². The number of rotatable bonds is 5. The lowest BCUT2D eigenvalue weighted by molar-refractivity contribution is 0.220. The Kier molecular flexibility index (Phi) is 4.43. The second-order valence-corrected chi connectivity index (χ2v) is 4.63. The first kappa shape index (κ1) is 11.7. The van der Waals surface area contributed by atoms with E-state index in [9.17, 15) is 0 Å². The number of piperidine rings is 1. The van der Waals surface area contributed by atoms with Crippen LogP contribution in [0.1, 0.15) is 25.0 Å². The smallest absolute Gasteiger partial charge is 0.0356 e. The highest BCUT2D eigenvalue weighted by atomic mass is 15.1. The Morgan fingerprint density at radius 1 is 1.19 bits per heavy atom. The van der Waals surface area contributed by atoms with Crippen LogP contribution in [0.15, 0.2) is 18.3 Å². The maximum absolute atomic E-state index is 3.21. The quantitative estimate of drug-likeness (QED) is 0.816. The van der Waals surface area contributed by atoms with Crippen molar-refractivity contribution in [2.75, 3.05) is 26.7 Å². The molecule has 3 heteroatoms. The fourth-order valence-corrected chi connectivity index (χ4v) is 2.44. The SMILES string of the molecule is CNCc1cccn1CCN1CCCCC1. The molecule has 1 saturated heterocycles. The van der Waals surface area contributed by atoms with Crippen molar-refractivity contribution in [1.82, 2.24) is 14.8 Å². The van der Waals surface area contributed by atoms with Gasteiger partial charge in [0.2, 0.25) is 0 Å². The Hall–Kier alpha value is -0.800. The molecule has 16 heavy (non-hydrogen) atoms. The molecule has 0 spiro atoms. The lowest BCUT2D eigenvalue weighted by Gasteiger charge is -2.26. The third-order valence-corrected chi connectivity index (χ3v) is 3.39. The number of likely N-dealkylation sites (tertiary alicyclic amines) is 1. The second kappa shape index (κ2) is 6.06. The normalized spacial score (nSPS) is 17.8. The molecule has 1 N–H and O–H groups in total. The summed E-state index contributed by atoms with van der Waals surface area (Å²) in [7, 11) is 2.00. The molecule has 2 rings (SSSR count). The van der Waals surface area contributed by atoms with Crippen LogP contribution >= 0.6 is 0 Å². The lowest BCUT2D eigenvalue weighted by Crippen LogP contribution is -2.32. The molecule has 1 aliphatic heterocycles. The Morgan fingerprint density at radius 3 is 2.75 bits per heavy atom. The van der Waals surface area contributed by atoms with Crippen molar-refractivity contribution < 1.29 is 0 Å². The zero-order valence-corrected chi connectivity index (χ0v) is 10.3. The Morgan fingerprint density at radius 2 is 2.00 bits per heavy atom. The van der Waals surface area contributed by atoms with Gasteiger partial charge in [0.15, 0.2) is 0 Å². The van der Waals surface area contributed by atoms with E-state index in [2.05, 4.69) is 33.1 Å². The molecule has 0 atom stereocenters. The van der Waals surface area contributed by atoms with Crippen molar-refractivity contribution in [2.45, 2.75) is 32.4 Å². The summed E-state index contributed by atoms with van der Waals surface area (Å²) in [6, 6.07) is 4.34. The molecule has 1 fully saturated rings. The fourth-order valence-electron chi connectivity index (χ4n) is 2.44. The minimum atomic E-state index is 0.965. The lowest BCUT2D eigenvalue weighted by atomic mass is 10.1. The summed E-state index contributed by atoms with van der Waals surface area (Å²) < 4.78 is 2.37. The molecule has 3 nitrogen and oxygen atoms in total. The van der Waals surface area contributed by atoms with Crippen LogP contribution in [0, 0.1) is 0 Å². The maximum Gasteiger partial charge on any atom is 0.0356 e. The van der Waals surface area contributed by atoms with E-state index in [1.165, 1.54) is 44.6 Å². The van der Waals surface area contributed by atoms with E-state index >= 15 is 0 Å². The molecule has 0 radical (unpaired) electrons. The standard InChI is InChI=1S/C13H23N3/c1-14-12-13-6-5-9-16(13)11-10-15-7-3-2-4-8-15/h5-6,9,14H,2-4,7-8,10-12H2,1H3. The summed E-state index contributed by atoms with van der Waals surface area (Å²) in [5, 5.41) is 3.21. The molecule has 0 aromatic carbocycles. The highest BCUT2D eigenvalue weighted by Gasteiger charge is 2.09. The van der Waals surface area contributed by atoms with E-state index in [-0.39, 0.29) is 0 Å². The van der Waals surface area contributed by atoms with E-state index < -0.39 is 0 Å². The van der Waals surface area contributed by atoms with Crippen LogP contribution in [0.3, 0.4) is 0 Å². The summed E-state index contributed by atoms with van der Waals surface area (Å²) in [5.41, 5.74) is 1.39. The molecular weight excluding hydrogens is 198 g/mol. The van der Waals surface area contributed by atoms with E-state index in [1.807, 2.05) is 7.05 Å². The first-order valence-corrected chi connectivity index (χ1v) is 6.41. The first-order chi connectivity index (χ1) is 7.90. The van der Waals surface area contributed by atoms with E-state index in [4.69, 9.17) is 0 Å². The topological polar surface area (TPSA) is 20.2 Å². The van der Waals surface area contributed by atoms with Crippen LogP contribution in [-0.4, -0.2) is 36.1 Å². The van der Waals surface area contributed by atoms with Gasteiger partial charge < -0.3 is 14.8 Å². The molecule has 0 aliphatic carbocycles. The number of nitrogens with zero attached hydrogens (tertiary/aromatic N) is 2. The largest absolute Gasteiger partial charge is 0.349 e. The third kappa shape index (κ3) is 3.09. The minimum absolute atomic E-state index is 0.965. The zero-order valence-electron chi connectivity index (χ0n) is 10.3. The summed E-state index contributed by atoms with van der Waals surface area (Å²) in [6.45, 7) is 5.88. The average Bonchev–Trinajstić information content (AvgIpc) is 2.76. The van der Waals surface area contributed by atoms with Crippen molar-refractivity contribution >= 4 is 0 Å². The second-order valence-electron chi connectivity index (χ2n) is 4.63. The molecule has 1 aliphatic rings. The van der Waals surface area contributed by atoms with Crippen LogP contribution in [0.5, 0.6) is 0 Å². The molecule has 2 heterocycles. The molecule has 0 bridgehead atoms. The summed E-state index contributed by atoms with van der Waals surface area (Å²) in [6.07, 6.45) is 6.38. The van der Waals surface area contributed by atoms with Gasteiger partial charge in [0, 0.05) is 31.5 Å². The molecule has 0 unspecified atom stereocenters. The van der Waals surface area contributed by atoms with Gasteiger partial charge in [-0.2, -0.15) is 0 Å². The van der Waals surface area contributed by atoms with Crippen molar-refractivity contribution in [3.63, 3.8) is 0 Å². The fraction of sp³-hybridized carbons (Fsp3) is 0.692. The van der Waals surface area contributed by atoms with Crippen LogP contribution < -0.4 is 5.32 Å². The summed E-state index contributed by atoms with van der Waals surface area (Å²) >= 11 is 0. The molecule has 0 saturated carbocycles. The molecule has 90 valence electrons. The monoisotopic (exact) mass is 221 g/mol. The Labute approximate surface area is 98.4 Å². The van der Waals surface area contributed by atoms with E-state index in [0.717, 1.165) is 13.1 Å². The molecule has 1 aromatic rings. The van der Waals surface area contributed by atoms with E-state index in [1.54, 1.807) is 0 Å². The van der Waals surface area contributed by atoms with Crippen LogP contribution in [0.2, 0.25) is 0 Å². The number of hydrogen-bond acceptors (Lipinski definition) is 2. The van der Waals surface area contributed by atoms with Gasteiger partial charge in [-0.25, -0.2) is 0 Å². The number of aromatic nitrogens is 1. The predicted molar refractivity (Wildman–Crippen MR) is 67.5 cm³/mol. The van der Waals surface area contributed by atoms with Gasteiger partial charge in [0.25, 0.3) is 0 Å². The number of nitrogens with one attached hydrogen (secondary N) is 1. The van der Waals surface area contributed by atoms with Gasteiger partial charge in [0.05, 0.1) is 0 Å². The van der Waals surface area contributed by atoms with Crippen LogP contribution in [0.25, 0.3) is 0 Å². The third-order valence-electron chi connectivity index (χ3n) is 3.39. The van der Waals surface area contributed by atoms with Gasteiger partial charge >= 0.3 is 0 Å². The zero-order chi connectivity index (χ0) is 11.2. The minimum Gasteiger partial charge on any atom is -0.349 e. The van der Waals surface area contributed by atoms with Gasteiger partial charge in [-0.1, -0.05) is 6.42 Å². The van der Waals surface area contributed by atoms with Crippen LogP contribution in [-0.2, 0) is 13.1 Å². The molecular formula is C13H23N3. The number of hydrogen-bond donors (Lipinski definition) is 1. The van der Waals surface area contributed by atoms with Gasteiger partial charge in [-0.15, -0.1) is 0 Å². The summed E-state index contributed by atoms with van der Waals surface area (Å²) in [4.78, 5) is 2.59. The van der Waals surface area contributed by atoms with E-state index in [0.29, 0.717) is 0 Å². The molecule has 0 amide bonds. The van der Waals surface area contributed by atoms with Gasteiger partial charge in [-0.05, 0) is 45.1 Å². The summed E-state index contributed by atoms with van der Waals surface area (Å²) in [5.74, 6) is 0.